The van der Waals surface area contributed by atoms with Crippen LogP contribution >= 0.6 is 15.9 Å². The summed E-state index contributed by atoms with van der Waals surface area (Å²) >= 11 is 3.16. The molecule has 152 valence electrons. The predicted octanol–water partition coefficient (Wildman–Crippen LogP) is 4.48. The van der Waals surface area contributed by atoms with Crippen LogP contribution in [0.5, 0.6) is 0 Å². The molecule has 0 spiro atoms. The van der Waals surface area contributed by atoms with Crippen molar-refractivity contribution in [2.24, 2.45) is 0 Å². The Hall–Kier alpha value is -2.16. The van der Waals surface area contributed by atoms with Crippen molar-refractivity contribution in [2.75, 3.05) is 24.1 Å². The zero-order valence-electron chi connectivity index (χ0n) is 15.9. The Morgan fingerprint density at radius 1 is 1.43 bits per heavy atom. The molecule has 2 atom stereocenters. The molecule has 1 aliphatic rings. The molecular weight excluding hydrogens is 434 g/mol. The van der Waals surface area contributed by atoms with E-state index in [2.05, 4.69) is 26.2 Å². The topological polar surface area (TPSA) is 80.5 Å². The Labute approximate surface area is 170 Å². The highest BCUT2D eigenvalue weighted by Gasteiger charge is 2.34. The molecule has 0 radical (unpaired) electrons. The van der Waals surface area contributed by atoms with Gasteiger partial charge in [0.25, 0.3) is 0 Å². The van der Waals surface area contributed by atoms with Gasteiger partial charge in [0, 0.05) is 18.0 Å². The summed E-state index contributed by atoms with van der Waals surface area (Å²) in [4.78, 5) is 17.7. The van der Waals surface area contributed by atoms with Crippen molar-refractivity contribution in [3.05, 3.63) is 28.6 Å². The second kappa shape index (κ2) is 7.69. The summed E-state index contributed by atoms with van der Waals surface area (Å²) in [5, 5.41) is 3.73. The standard InChI is InChI=1S/C19H23BrF2N4O2/c1-19(2,3)28-18(27)26-5-4-15(13(22)9-26)25-17-10-6-11(20)12(21)7-16(10)24-8-14(17)23/h6-8,13,15H,4-5,9,23H2,1-3H3,(H,24,25). The number of rotatable bonds is 2. The van der Waals surface area contributed by atoms with Gasteiger partial charge in [-0.3, -0.25) is 4.98 Å². The molecule has 0 bridgehead atoms. The fourth-order valence-electron chi connectivity index (χ4n) is 3.11. The van der Waals surface area contributed by atoms with Crippen LogP contribution in [0.3, 0.4) is 0 Å². The number of amides is 1. The van der Waals surface area contributed by atoms with Crippen LogP contribution in [-0.2, 0) is 4.74 Å². The van der Waals surface area contributed by atoms with Crippen LogP contribution in [0, 0.1) is 5.82 Å². The monoisotopic (exact) mass is 456 g/mol. The third kappa shape index (κ3) is 4.45. The fourth-order valence-corrected chi connectivity index (χ4v) is 3.45. The van der Waals surface area contributed by atoms with Crippen molar-refractivity contribution >= 4 is 44.3 Å². The minimum absolute atomic E-state index is 0.0756. The molecule has 1 aliphatic heterocycles. The van der Waals surface area contributed by atoms with Gasteiger partial charge in [0.1, 0.15) is 17.6 Å². The van der Waals surface area contributed by atoms with Gasteiger partial charge in [0.15, 0.2) is 0 Å². The van der Waals surface area contributed by atoms with E-state index in [0.29, 0.717) is 35.2 Å². The zero-order valence-corrected chi connectivity index (χ0v) is 17.5. The average molecular weight is 457 g/mol. The van der Waals surface area contributed by atoms with E-state index in [1.807, 2.05) is 0 Å². The largest absolute Gasteiger partial charge is 0.444 e. The number of nitrogens with two attached hydrogens (primary N) is 1. The van der Waals surface area contributed by atoms with Crippen LogP contribution in [0.2, 0.25) is 0 Å². The first-order chi connectivity index (χ1) is 13.0. The molecule has 3 N–H and O–H groups in total. The molecule has 6 nitrogen and oxygen atoms in total. The number of nitrogen functional groups attached to an aromatic ring is 1. The van der Waals surface area contributed by atoms with Crippen molar-refractivity contribution in [1.29, 1.82) is 0 Å². The number of carbonyl (C=O) groups is 1. The molecule has 1 amide bonds. The normalized spacial score (nSPS) is 20.3. The molecule has 1 saturated heterocycles. The van der Waals surface area contributed by atoms with Gasteiger partial charge < -0.3 is 20.7 Å². The van der Waals surface area contributed by atoms with Crippen LogP contribution in [-0.4, -0.2) is 46.9 Å². The number of nitrogens with one attached hydrogen (secondary N) is 1. The number of ether oxygens (including phenoxy) is 1. The average Bonchev–Trinajstić information content (AvgIpc) is 2.59. The number of pyridine rings is 1. The van der Waals surface area contributed by atoms with Gasteiger partial charge in [-0.05, 0) is 49.2 Å². The zero-order chi connectivity index (χ0) is 20.6. The summed E-state index contributed by atoms with van der Waals surface area (Å²) in [6, 6.07) is 2.32. The number of hydrogen-bond donors (Lipinski definition) is 2. The molecule has 1 aromatic heterocycles. The maximum Gasteiger partial charge on any atom is 0.410 e. The Morgan fingerprint density at radius 3 is 2.79 bits per heavy atom. The Morgan fingerprint density at radius 2 is 2.14 bits per heavy atom. The molecule has 2 unspecified atom stereocenters. The van der Waals surface area contributed by atoms with Crippen LogP contribution in [0.15, 0.2) is 22.8 Å². The number of anilines is 2. The van der Waals surface area contributed by atoms with Crippen molar-refractivity contribution in [3.8, 4) is 0 Å². The number of piperidine rings is 1. The van der Waals surface area contributed by atoms with E-state index in [4.69, 9.17) is 10.5 Å². The van der Waals surface area contributed by atoms with Crippen LogP contribution in [0.4, 0.5) is 25.0 Å². The molecule has 1 fully saturated rings. The first-order valence-electron chi connectivity index (χ1n) is 8.97. The number of nitrogens with zero attached hydrogens (tertiary/aromatic N) is 2. The highest BCUT2D eigenvalue weighted by molar-refractivity contribution is 9.10. The first-order valence-corrected chi connectivity index (χ1v) is 9.76. The number of carbonyl (C=O) groups excluding carboxylic acids is 1. The van der Waals surface area contributed by atoms with Crippen molar-refractivity contribution in [2.45, 2.75) is 45.0 Å². The number of alkyl halides is 1. The lowest BCUT2D eigenvalue weighted by Crippen LogP contribution is -2.51. The molecule has 0 aliphatic carbocycles. The van der Waals surface area contributed by atoms with Gasteiger partial charge in [-0.1, -0.05) is 0 Å². The Bertz CT molecular complexity index is 904. The van der Waals surface area contributed by atoms with Gasteiger partial charge in [-0.15, -0.1) is 0 Å². The molecular formula is C19H23BrF2N4O2. The first kappa shape index (κ1) is 20.6. The molecule has 2 aromatic rings. The van der Waals surface area contributed by atoms with E-state index < -0.39 is 29.7 Å². The fraction of sp³-hybridized carbons (Fsp3) is 0.474. The second-order valence-corrected chi connectivity index (χ2v) is 8.71. The molecule has 9 heteroatoms. The van der Waals surface area contributed by atoms with Crippen LogP contribution in [0.1, 0.15) is 27.2 Å². The predicted molar refractivity (Wildman–Crippen MR) is 109 cm³/mol. The Balaban J connectivity index is 1.78. The number of hydrogen-bond acceptors (Lipinski definition) is 5. The summed E-state index contributed by atoms with van der Waals surface area (Å²) in [5.41, 5.74) is 6.67. The van der Waals surface area contributed by atoms with Gasteiger partial charge in [0.05, 0.1) is 40.1 Å². The van der Waals surface area contributed by atoms with Gasteiger partial charge >= 0.3 is 6.09 Å². The van der Waals surface area contributed by atoms with E-state index in [0.717, 1.165) is 0 Å². The van der Waals surface area contributed by atoms with Crippen molar-refractivity contribution < 1.29 is 18.3 Å². The summed E-state index contributed by atoms with van der Waals surface area (Å²) < 4.78 is 34.2. The maximum atomic E-state index is 14.8. The van der Waals surface area contributed by atoms with Crippen LogP contribution in [0.25, 0.3) is 10.9 Å². The summed E-state index contributed by atoms with van der Waals surface area (Å²) in [6.07, 6.45) is -0.0396. The third-order valence-corrected chi connectivity index (χ3v) is 5.07. The van der Waals surface area contributed by atoms with Crippen molar-refractivity contribution in [3.63, 3.8) is 0 Å². The molecule has 28 heavy (non-hydrogen) atoms. The summed E-state index contributed by atoms with van der Waals surface area (Å²) in [6.45, 7) is 5.58. The molecule has 1 aromatic carbocycles. The van der Waals surface area contributed by atoms with E-state index in [1.54, 1.807) is 26.8 Å². The maximum absolute atomic E-state index is 14.8. The van der Waals surface area contributed by atoms with E-state index in [-0.39, 0.29) is 11.0 Å². The number of halogens is 3. The van der Waals surface area contributed by atoms with Gasteiger partial charge in [-0.2, -0.15) is 0 Å². The quantitative estimate of drug-likeness (QED) is 0.696. The minimum Gasteiger partial charge on any atom is -0.444 e. The van der Waals surface area contributed by atoms with E-state index >= 15 is 0 Å². The SMILES string of the molecule is CC(C)(C)OC(=O)N1CCC(Nc2c(N)cnc3cc(F)c(Br)cc23)C(F)C1. The number of likely N-dealkylation sites (tertiary alicyclic amines) is 1. The highest BCUT2D eigenvalue weighted by atomic mass is 79.9. The van der Waals surface area contributed by atoms with Gasteiger partial charge in [-0.25, -0.2) is 13.6 Å². The smallest absolute Gasteiger partial charge is 0.410 e. The second-order valence-electron chi connectivity index (χ2n) is 7.85. The lowest BCUT2D eigenvalue weighted by Gasteiger charge is -2.36. The number of aromatic nitrogens is 1. The lowest BCUT2D eigenvalue weighted by atomic mass is 10.0. The molecule has 2 heterocycles. The molecule has 3 rings (SSSR count). The summed E-state index contributed by atoms with van der Waals surface area (Å²) in [5.74, 6) is -0.440. The minimum atomic E-state index is -1.31. The van der Waals surface area contributed by atoms with Crippen molar-refractivity contribution in [1.82, 2.24) is 9.88 Å². The number of benzene rings is 1. The van der Waals surface area contributed by atoms with Crippen LogP contribution < -0.4 is 11.1 Å². The summed E-state index contributed by atoms with van der Waals surface area (Å²) in [7, 11) is 0. The third-order valence-electron chi connectivity index (χ3n) is 4.46. The lowest BCUT2D eigenvalue weighted by molar-refractivity contribution is 0.0125. The Kier molecular flexibility index (Phi) is 5.65. The van der Waals surface area contributed by atoms with E-state index in [1.165, 1.54) is 17.2 Å². The molecule has 0 saturated carbocycles. The van der Waals surface area contributed by atoms with Gasteiger partial charge in [0.2, 0.25) is 0 Å². The highest BCUT2D eigenvalue weighted by Crippen LogP contribution is 2.33. The van der Waals surface area contributed by atoms with E-state index in [9.17, 15) is 13.6 Å². The number of fused-ring (bicyclic) bond motifs is 1.